The van der Waals surface area contributed by atoms with E-state index in [2.05, 4.69) is 15.5 Å². The van der Waals surface area contributed by atoms with Gasteiger partial charge in [-0.25, -0.2) is 0 Å². The van der Waals surface area contributed by atoms with E-state index >= 15 is 0 Å². The fraction of sp³-hybridized carbons (Fsp3) is 0.800. The van der Waals surface area contributed by atoms with Crippen LogP contribution >= 0.6 is 0 Å². The summed E-state index contributed by atoms with van der Waals surface area (Å²) in [6, 6.07) is 0. The molecule has 0 aliphatic carbocycles. The average molecular weight is 213 g/mol. The van der Waals surface area contributed by atoms with Crippen molar-refractivity contribution in [3.8, 4) is 0 Å². The number of aromatic nitrogens is 2. The summed E-state index contributed by atoms with van der Waals surface area (Å²) in [5.74, 6) is 1.15. The molecule has 1 rings (SSSR count). The summed E-state index contributed by atoms with van der Waals surface area (Å²) >= 11 is 0. The topological polar surface area (TPSA) is 60.2 Å². The molecule has 0 spiro atoms. The summed E-state index contributed by atoms with van der Waals surface area (Å²) < 4.78 is 10.2. The largest absolute Gasteiger partial charge is 0.380 e. The Morgan fingerprint density at radius 1 is 1.47 bits per heavy atom. The van der Waals surface area contributed by atoms with Crippen LogP contribution < -0.4 is 5.32 Å². The molecular formula is C10H19N3O2. The number of hydrogen-bond acceptors (Lipinski definition) is 5. The molecule has 0 bridgehead atoms. The Balaban J connectivity index is 2.54. The molecule has 0 aliphatic rings. The number of nitrogens with one attached hydrogen (secondary N) is 1. The monoisotopic (exact) mass is 213 g/mol. The summed E-state index contributed by atoms with van der Waals surface area (Å²) in [6.07, 6.45) is 0.126. The quantitative estimate of drug-likeness (QED) is 0.826. The van der Waals surface area contributed by atoms with Crippen LogP contribution in [0.5, 0.6) is 0 Å². The van der Waals surface area contributed by atoms with Crippen LogP contribution in [0.2, 0.25) is 0 Å². The van der Waals surface area contributed by atoms with E-state index in [0.29, 0.717) is 18.4 Å². The Kier molecular flexibility index (Phi) is 3.68. The SMILES string of the molecule is COC(C)CNc1noc(C(C)(C)C)n1. The maximum Gasteiger partial charge on any atom is 0.263 e. The van der Waals surface area contributed by atoms with Gasteiger partial charge in [0.2, 0.25) is 5.89 Å². The summed E-state index contributed by atoms with van der Waals surface area (Å²) in [6.45, 7) is 8.73. The van der Waals surface area contributed by atoms with Crippen molar-refractivity contribution < 1.29 is 9.26 Å². The highest BCUT2D eigenvalue weighted by molar-refractivity contribution is 5.22. The zero-order valence-electron chi connectivity index (χ0n) is 10.00. The second-order valence-corrected chi connectivity index (χ2v) is 4.60. The number of ether oxygens (including phenoxy) is 1. The molecule has 0 aromatic carbocycles. The van der Waals surface area contributed by atoms with Gasteiger partial charge in [0.25, 0.3) is 5.95 Å². The van der Waals surface area contributed by atoms with Crippen molar-refractivity contribution in [2.24, 2.45) is 0 Å². The minimum absolute atomic E-state index is 0.111. The standard InChI is InChI=1S/C10H19N3O2/c1-7(14-5)6-11-9-12-8(15-13-9)10(2,3)4/h7H,6H2,1-5H3,(H,11,13). The molecule has 0 saturated heterocycles. The first-order chi connectivity index (χ1) is 6.93. The van der Waals surface area contributed by atoms with Crippen molar-refractivity contribution >= 4 is 5.95 Å². The van der Waals surface area contributed by atoms with Crippen LogP contribution in [0, 0.1) is 0 Å². The van der Waals surface area contributed by atoms with E-state index in [9.17, 15) is 0 Å². The van der Waals surface area contributed by atoms with Gasteiger partial charge in [-0.1, -0.05) is 20.8 Å². The highest BCUT2D eigenvalue weighted by Gasteiger charge is 2.21. The number of hydrogen-bond donors (Lipinski definition) is 1. The van der Waals surface area contributed by atoms with Gasteiger partial charge in [-0.3, -0.25) is 0 Å². The lowest BCUT2D eigenvalue weighted by Gasteiger charge is -2.10. The molecule has 0 amide bonds. The predicted octanol–water partition coefficient (Wildman–Crippen LogP) is 1.81. The summed E-state index contributed by atoms with van der Waals surface area (Å²) in [7, 11) is 1.67. The highest BCUT2D eigenvalue weighted by atomic mass is 16.5. The Hall–Kier alpha value is -1.10. The molecule has 15 heavy (non-hydrogen) atoms. The van der Waals surface area contributed by atoms with Gasteiger partial charge in [-0.05, 0) is 12.1 Å². The fourth-order valence-electron chi connectivity index (χ4n) is 0.918. The second-order valence-electron chi connectivity index (χ2n) is 4.60. The number of anilines is 1. The van der Waals surface area contributed by atoms with Gasteiger partial charge in [0.05, 0.1) is 6.10 Å². The third kappa shape index (κ3) is 3.51. The van der Waals surface area contributed by atoms with Gasteiger partial charge in [0.15, 0.2) is 0 Å². The molecule has 0 fully saturated rings. The van der Waals surface area contributed by atoms with Crippen molar-refractivity contribution in [2.75, 3.05) is 19.0 Å². The molecule has 1 aromatic rings. The predicted molar refractivity (Wildman–Crippen MR) is 58.0 cm³/mol. The first-order valence-electron chi connectivity index (χ1n) is 5.04. The van der Waals surface area contributed by atoms with E-state index < -0.39 is 0 Å². The Bertz CT molecular complexity index is 304. The number of rotatable bonds is 4. The second kappa shape index (κ2) is 4.61. The molecule has 1 heterocycles. The van der Waals surface area contributed by atoms with E-state index in [1.54, 1.807) is 7.11 Å². The number of methoxy groups -OCH3 is 1. The lowest BCUT2D eigenvalue weighted by atomic mass is 9.97. The molecule has 1 aromatic heterocycles. The zero-order chi connectivity index (χ0) is 11.5. The zero-order valence-corrected chi connectivity index (χ0v) is 10.00. The molecule has 1 N–H and O–H groups in total. The molecule has 0 saturated carbocycles. The molecule has 0 aliphatic heterocycles. The molecular weight excluding hydrogens is 194 g/mol. The minimum atomic E-state index is -0.111. The van der Waals surface area contributed by atoms with Crippen LogP contribution in [0.25, 0.3) is 0 Å². The normalized spacial score (nSPS) is 13.9. The van der Waals surface area contributed by atoms with E-state index in [1.807, 2.05) is 27.7 Å². The molecule has 5 heteroatoms. The maximum absolute atomic E-state index is 5.13. The minimum Gasteiger partial charge on any atom is -0.380 e. The van der Waals surface area contributed by atoms with E-state index in [-0.39, 0.29) is 11.5 Å². The smallest absolute Gasteiger partial charge is 0.263 e. The third-order valence-corrected chi connectivity index (χ3v) is 2.02. The Labute approximate surface area is 90.2 Å². The van der Waals surface area contributed by atoms with Gasteiger partial charge < -0.3 is 14.6 Å². The van der Waals surface area contributed by atoms with Gasteiger partial charge in [-0.2, -0.15) is 4.98 Å². The van der Waals surface area contributed by atoms with E-state index in [0.717, 1.165) is 0 Å². The first-order valence-corrected chi connectivity index (χ1v) is 5.04. The number of nitrogens with zero attached hydrogens (tertiary/aromatic N) is 2. The van der Waals surface area contributed by atoms with Crippen molar-refractivity contribution in [1.82, 2.24) is 10.1 Å². The first kappa shape index (κ1) is 12.0. The highest BCUT2D eigenvalue weighted by Crippen LogP contribution is 2.20. The van der Waals surface area contributed by atoms with Crippen LogP contribution in [0.3, 0.4) is 0 Å². The van der Waals surface area contributed by atoms with Crippen LogP contribution in [0.15, 0.2) is 4.52 Å². The summed E-state index contributed by atoms with van der Waals surface area (Å²) in [5.41, 5.74) is -0.111. The van der Waals surface area contributed by atoms with Crippen molar-refractivity contribution in [3.63, 3.8) is 0 Å². The third-order valence-electron chi connectivity index (χ3n) is 2.02. The Morgan fingerprint density at radius 3 is 2.60 bits per heavy atom. The lowest BCUT2D eigenvalue weighted by Crippen LogP contribution is -2.19. The maximum atomic E-state index is 5.13. The van der Waals surface area contributed by atoms with Gasteiger partial charge in [0, 0.05) is 19.1 Å². The van der Waals surface area contributed by atoms with Crippen molar-refractivity contribution in [1.29, 1.82) is 0 Å². The molecule has 1 atom stereocenters. The van der Waals surface area contributed by atoms with E-state index in [4.69, 9.17) is 9.26 Å². The van der Waals surface area contributed by atoms with Crippen LogP contribution in [0.1, 0.15) is 33.6 Å². The fourth-order valence-corrected chi connectivity index (χ4v) is 0.918. The van der Waals surface area contributed by atoms with Crippen LogP contribution in [-0.4, -0.2) is 29.9 Å². The Morgan fingerprint density at radius 2 is 2.13 bits per heavy atom. The summed E-state index contributed by atoms with van der Waals surface area (Å²) in [5, 5.41) is 6.88. The van der Waals surface area contributed by atoms with Crippen molar-refractivity contribution in [2.45, 2.75) is 39.2 Å². The van der Waals surface area contributed by atoms with Crippen molar-refractivity contribution in [3.05, 3.63) is 5.89 Å². The molecule has 1 unspecified atom stereocenters. The van der Waals surface area contributed by atoms with Gasteiger partial charge in [0.1, 0.15) is 0 Å². The lowest BCUT2D eigenvalue weighted by molar-refractivity contribution is 0.128. The molecule has 86 valence electrons. The summed E-state index contributed by atoms with van der Waals surface area (Å²) in [4.78, 5) is 4.24. The van der Waals surface area contributed by atoms with E-state index in [1.165, 1.54) is 0 Å². The average Bonchev–Trinajstić information content (AvgIpc) is 2.61. The van der Waals surface area contributed by atoms with Crippen LogP contribution in [-0.2, 0) is 10.2 Å². The van der Waals surface area contributed by atoms with Gasteiger partial charge in [-0.15, -0.1) is 0 Å². The molecule has 5 nitrogen and oxygen atoms in total. The molecule has 0 radical (unpaired) electrons. The van der Waals surface area contributed by atoms with Crippen LogP contribution in [0.4, 0.5) is 5.95 Å². The van der Waals surface area contributed by atoms with Gasteiger partial charge >= 0.3 is 0 Å².